The van der Waals surface area contributed by atoms with E-state index in [4.69, 9.17) is 24.4 Å². The SMILES string of the molecule is CC(C)CC(=O)Nc1cncc(-c2cc3c(-c4nc5c(-c6ccoc6)cccc5[nH]4)n[nH]c3cn2)c1.Cc1ccncc1-c1cc2c(-c3nc4c(-c5cc(F)cc(CCS(C)(=O)=O)c5)cccc4[nH]3)n[nH]c2cn1.Fc1cccc(-c2cccc3[nH]c(-c4n[nH]c5cnc(-c6cn[nH]c6)cc45)nc23)c1.O=C(Nc1cncc(-c2cc3c(-c4nc5c(-c6ccsc6)cccc5[nH]4)n[nH]c3cn2)c1)C1CCC1. The predicted octanol–water partition coefficient (Wildman–Crippen LogP) is 21.8. The van der Waals surface area contributed by atoms with Crippen molar-refractivity contribution in [2.24, 2.45) is 11.8 Å². The fourth-order valence-electron chi connectivity index (χ4n) is 17.2. The Morgan fingerprint density at radius 3 is 1.41 bits per heavy atom. The molecule has 0 saturated heterocycles. The van der Waals surface area contributed by atoms with Crippen molar-refractivity contribution in [3.63, 3.8) is 0 Å². The van der Waals surface area contributed by atoms with Crippen LogP contribution < -0.4 is 10.6 Å². The highest BCUT2D eigenvalue weighted by atomic mass is 32.2. The van der Waals surface area contributed by atoms with Crippen molar-refractivity contribution in [2.45, 2.75) is 52.9 Å². The van der Waals surface area contributed by atoms with E-state index in [2.05, 4.69) is 139 Å². The van der Waals surface area contributed by atoms with Gasteiger partial charge < -0.3 is 35.0 Å². The lowest BCUT2D eigenvalue weighted by Gasteiger charge is -2.24. The van der Waals surface area contributed by atoms with Crippen LogP contribution in [0.4, 0.5) is 20.2 Å². The molecule has 0 spiro atoms. The number of aromatic amines is 9. The Bertz CT molecular complexity index is 8940. The number of aryl methyl sites for hydroxylation is 2. The first-order chi connectivity index (χ1) is 68.3. The highest BCUT2D eigenvalue weighted by Crippen LogP contribution is 2.41. The molecule has 32 nitrogen and oxygen atoms in total. The largest absolute Gasteiger partial charge is 0.472 e. The number of pyridine rings is 7. The van der Waals surface area contributed by atoms with Crippen LogP contribution in [-0.4, -0.2) is 158 Å². The normalized spacial score (nSPS) is 12.2. The molecule has 11 N–H and O–H groups in total. The van der Waals surface area contributed by atoms with Gasteiger partial charge in [0, 0.05) is 121 Å². The van der Waals surface area contributed by atoms with Crippen LogP contribution in [0.1, 0.15) is 50.7 Å². The number of anilines is 2. The van der Waals surface area contributed by atoms with E-state index in [1.54, 1.807) is 104 Å². The summed E-state index contributed by atoms with van der Waals surface area (Å²) in [6.07, 6.45) is 29.1. The molecular formula is C104H81F2N27O5S2. The van der Waals surface area contributed by atoms with Crippen LogP contribution in [0.3, 0.4) is 0 Å². The smallest absolute Gasteiger partial charge is 0.227 e. The van der Waals surface area contributed by atoms with Crippen LogP contribution >= 0.6 is 11.3 Å². The molecule has 0 bridgehead atoms. The number of carbonyl (C=O) groups is 2. The van der Waals surface area contributed by atoms with Crippen LogP contribution in [0.5, 0.6) is 0 Å². The summed E-state index contributed by atoms with van der Waals surface area (Å²) in [5, 5.41) is 50.6. The molecule has 0 unspecified atom stereocenters. The number of aromatic nitrogens is 25. The van der Waals surface area contributed by atoms with Crippen molar-refractivity contribution in [1.82, 2.24) is 126 Å². The van der Waals surface area contributed by atoms with E-state index in [0.29, 0.717) is 80.5 Å². The number of halogens is 2. The summed E-state index contributed by atoms with van der Waals surface area (Å²) in [6, 6.07) is 52.3. The number of furan rings is 1. The first kappa shape index (κ1) is 87.4. The average molecular weight is 1890 g/mol. The summed E-state index contributed by atoms with van der Waals surface area (Å²) in [7, 11) is -3.17. The molecule has 1 saturated carbocycles. The van der Waals surface area contributed by atoms with Gasteiger partial charge in [0.2, 0.25) is 11.8 Å². The third-order valence-corrected chi connectivity index (χ3v) is 26.0. The number of imidazole rings is 4. The van der Waals surface area contributed by atoms with Gasteiger partial charge in [0.15, 0.2) is 23.3 Å². The van der Waals surface area contributed by atoms with Gasteiger partial charge in [-0.2, -0.15) is 36.8 Å². The zero-order chi connectivity index (χ0) is 95.2. The lowest BCUT2D eigenvalue weighted by atomic mass is 9.85. The van der Waals surface area contributed by atoms with Crippen LogP contribution in [0.25, 0.3) is 223 Å². The van der Waals surface area contributed by atoms with Gasteiger partial charge in [0.05, 0.1) is 162 Å². The van der Waals surface area contributed by atoms with Gasteiger partial charge in [-0.3, -0.25) is 70.0 Å². The lowest BCUT2D eigenvalue weighted by Crippen LogP contribution is -2.28. The van der Waals surface area contributed by atoms with Crippen LogP contribution in [0.15, 0.2) is 272 Å². The zero-order valence-electron chi connectivity index (χ0n) is 75.1. The third-order valence-electron chi connectivity index (χ3n) is 24.4. The van der Waals surface area contributed by atoms with Crippen LogP contribution in [0.2, 0.25) is 0 Å². The van der Waals surface area contributed by atoms with Crippen molar-refractivity contribution in [2.75, 3.05) is 22.6 Å². The molecule has 140 heavy (non-hydrogen) atoms. The second-order valence-corrected chi connectivity index (χ2v) is 37.6. The lowest BCUT2D eigenvalue weighted by molar-refractivity contribution is -0.122. The van der Waals surface area contributed by atoms with Gasteiger partial charge in [-0.25, -0.2) is 37.1 Å². The monoisotopic (exact) mass is 1890 g/mol. The molecule has 6 aromatic carbocycles. The molecule has 0 atom stereocenters. The standard InChI is InChI=1S/C28H23FN6O2S.C27H23N7O2.C27H21N7OS.C22H14FN7/c1-16-6-8-30-14-22(16)24-13-21-25(15-31-24)34-35-27(21)28-32-23-5-3-4-20(26(23)33-28)18-10-17(11-19(29)12-18)7-9-38(2,36)37;1-15(2)8-24(35)30-18-9-17(11-28-12-18)22-10-20-23(13-29-22)33-34-26(20)27-31-21-5-3-4-19(25(21)32-27)16-6-7-36-14-16;35-27(15-3-1-4-15)30-18-9-17(11-28-12-18)22-10-20-23(13-29-22)33-34-25(20)26-31-21-6-2-5-19(24(21)32-26)16-7-8-36-14-16;23-14-4-1-3-12(7-14)15-5-2-6-17-20(15)28-22(27-17)21-16-8-18(13-9-25-26-10-13)24-11-19(16)29-30-21/h3-6,8,10-15H,7,9H2,1-2H3,(H,32,33)(H,34,35);3-7,9-15H,8H2,1-2H3,(H,30,35)(H,31,32)(H,33,34);2,5-15H,1,3-4H2,(H,30,35)(H,31,32)(H,33,34);1-11H,(H,25,26)(H,27,28)(H,29,30). The number of carbonyl (C=O) groups excluding carboxylic acids is 2. The fraction of sp³-hybridized carbons (Fsp3) is 0.115. The Labute approximate surface area is 797 Å². The topological polar surface area (TPSA) is 454 Å². The number of para-hydroxylation sites is 4. The maximum atomic E-state index is 14.5. The first-order valence-corrected chi connectivity index (χ1v) is 47.8. The number of fused-ring (bicyclic) bond motifs is 8. The molecule has 36 heteroatoms. The molecule has 18 heterocycles. The summed E-state index contributed by atoms with van der Waals surface area (Å²) in [5.74, 6) is 2.19. The van der Waals surface area contributed by atoms with Crippen molar-refractivity contribution < 1.29 is 31.2 Å². The van der Waals surface area contributed by atoms with Gasteiger partial charge in [0.25, 0.3) is 0 Å². The Morgan fingerprint density at radius 1 is 0.464 bits per heavy atom. The van der Waals surface area contributed by atoms with Gasteiger partial charge in [-0.05, 0) is 174 Å². The van der Waals surface area contributed by atoms with E-state index in [9.17, 15) is 26.8 Å². The maximum Gasteiger partial charge on any atom is 0.227 e. The van der Waals surface area contributed by atoms with E-state index in [1.165, 1.54) is 30.5 Å². The molecule has 1 aliphatic rings. The molecule has 25 rings (SSSR count). The number of thiophene rings is 1. The molecule has 1 fully saturated rings. The van der Waals surface area contributed by atoms with E-state index < -0.39 is 15.7 Å². The first-order valence-electron chi connectivity index (χ1n) is 44.8. The number of benzene rings is 6. The number of sulfone groups is 1. The van der Waals surface area contributed by atoms with Gasteiger partial charge in [0.1, 0.15) is 44.2 Å². The minimum Gasteiger partial charge on any atom is -0.472 e. The molecule has 24 aromatic rings. The zero-order valence-corrected chi connectivity index (χ0v) is 76.7. The Hall–Kier alpha value is -17.9. The van der Waals surface area contributed by atoms with Crippen molar-refractivity contribution >= 4 is 132 Å². The second-order valence-electron chi connectivity index (χ2n) is 34.5. The van der Waals surface area contributed by atoms with Crippen molar-refractivity contribution in [1.29, 1.82) is 0 Å². The summed E-state index contributed by atoms with van der Waals surface area (Å²) >= 11 is 1.67. The van der Waals surface area contributed by atoms with Crippen molar-refractivity contribution in [3.8, 4) is 136 Å². The van der Waals surface area contributed by atoms with Crippen molar-refractivity contribution in [3.05, 3.63) is 290 Å². The number of amides is 2. The number of nitrogens with zero attached hydrogens (tertiary/aromatic N) is 16. The number of hydrogen-bond donors (Lipinski definition) is 11. The number of nitrogens with one attached hydrogen (secondary N) is 11. The van der Waals surface area contributed by atoms with Gasteiger partial charge in [-0.1, -0.05) is 87.0 Å². The summed E-state index contributed by atoms with van der Waals surface area (Å²) in [6.45, 7) is 6.03. The van der Waals surface area contributed by atoms with Gasteiger partial charge >= 0.3 is 0 Å². The Balaban J connectivity index is 0.000000108. The quantitative estimate of drug-likeness (QED) is 0.0337. The minimum absolute atomic E-state index is 0.0378. The predicted molar refractivity (Wildman–Crippen MR) is 537 cm³/mol. The molecule has 1 aliphatic carbocycles. The Morgan fingerprint density at radius 2 is 0.950 bits per heavy atom. The van der Waals surface area contributed by atoms with E-state index in [0.717, 1.165) is 191 Å². The highest BCUT2D eigenvalue weighted by molar-refractivity contribution is 7.90. The van der Waals surface area contributed by atoms with Gasteiger partial charge in [-0.15, -0.1) is 0 Å². The van der Waals surface area contributed by atoms with E-state index >= 15 is 0 Å². The number of hydrogen-bond acceptors (Lipinski definition) is 22. The number of H-pyrrole nitrogens is 9. The van der Waals surface area contributed by atoms with E-state index in [-0.39, 0.29) is 41.6 Å². The second kappa shape index (κ2) is 37.0. The summed E-state index contributed by atoms with van der Waals surface area (Å²) in [5.41, 5.74) is 29.2. The Kier molecular flexibility index (Phi) is 23.1. The van der Waals surface area contributed by atoms with E-state index in [1.807, 2.05) is 148 Å². The maximum absolute atomic E-state index is 14.5. The summed E-state index contributed by atoms with van der Waals surface area (Å²) < 4.78 is 56.8. The average Bonchev–Trinajstić information content (AvgIpc) is 1.62. The molecule has 0 radical (unpaired) electrons. The molecule has 0 aliphatic heterocycles. The van der Waals surface area contributed by atoms with Crippen LogP contribution in [0, 0.1) is 30.4 Å². The molecule has 688 valence electrons. The number of rotatable bonds is 20. The van der Waals surface area contributed by atoms with Crippen LogP contribution in [-0.2, 0) is 25.8 Å². The summed E-state index contributed by atoms with van der Waals surface area (Å²) in [4.78, 5) is 88.6. The molecule has 2 amide bonds. The molecule has 18 aromatic heterocycles. The molecular weight excluding hydrogens is 1810 g/mol. The third kappa shape index (κ3) is 17.9. The minimum atomic E-state index is -3.17. The fourth-order valence-corrected chi connectivity index (χ4v) is 18.4. The highest BCUT2D eigenvalue weighted by Gasteiger charge is 2.28.